The number of hydrogen-bond donors (Lipinski definition) is 1. The van der Waals surface area contributed by atoms with Gasteiger partial charge in [-0.3, -0.25) is 0 Å². The maximum atomic E-state index is 11.4. The Kier molecular flexibility index (Phi) is 4.89. The van der Waals surface area contributed by atoms with Crippen LogP contribution in [0.5, 0.6) is 0 Å². The number of aromatic nitrogens is 1. The van der Waals surface area contributed by atoms with Crippen LogP contribution in [0.2, 0.25) is 0 Å². The van der Waals surface area contributed by atoms with E-state index < -0.39 is 11.7 Å². The Hall–Kier alpha value is -1.14. The Morgan fingerprint density at radius 1 is 1.53 bits per heavy atom. The number of nitrogens with one attached hydrogen (secondary N) is 1. The fraction of sp³-hybridized carbons (Fsp3) is 0.636. The second kappa shape index (κ2) is 5.97. The molecule has 1 aromatic rings. The third-order valence-corrected chi connectivity index (χ3v) is 2.57. The van der Waals surface area contributed by atoms with Gasteiger partial charge in [-0.15, -0.1) is 11.3 Å². The summed E-state index contributed by atoms with van der Waals surface area (Å²) in [6.45, 7) is 6.35. The van der Waals surface area contributed by atoms with Gasteiger partial charge in [0, 0.05) is 12.5 Å². The van der Waals surface area contributed by atoms with Crippen molar-refractivity contribution in [1.29, 1.82) is 0 Å². The molecule has 0 unspecified atom stereocenters. The summed E-state index contributed by atoms with van der Waals surface area (Å²) >= 11 is 1.49. The van der Waals surface area contributed by atoms with Gasteiger partial charge in [0.25, 0.3) is 0 Å². The van der Waals surface area contributed by atoms with Crippen molar-refractivity contribution in [3.8, 4) is 0 Å². The zero-order valence-corrected chi connectivity index (χ0v) is 11.4. The summed E-state index contributed by atoms with van der Waals surface area (Å²) < 4.78 is 10.1. The van der Waals surface area contributed by atoms with Crippen LogP contribution >= 0.6 is 11.3 Å². The first-order chi connectivity index (χ1) is 7.90. The summed E-state index contributed by atoms with van der Waals surface area (Å²) in [5, 5.41) is 5.41. The van der Waals surface area contributed by atoms with E-state index in [-0.39, 0.29) is 0 Å². The van der Waals surface area contributed by atoms with E-state index in [2.05, 4.69) is 10.3 Å². The average molecular weight is 258 g/mol. The molecule has 1 amide bonds. The molecular formula is C11H18N2O3S. The summed E-state index contributed by atoms with van der Waals surface area (Å²) in [7, 11) is 1.62. The lowest BCUT2D eigenvalue weighted by atomic mass is 10.2. The van der Waals surface area contributed by atoms with Crippen molar-refractivity contribution in [2.24, 2.45) is 0 Å². The van der Waals surface area contributed by atoms with Gasteiger partial charge in [0.1, 0.15) is 10.6 Å². The molecule has 1 heterocycles. The molecule has 5 nitrogen and oxygen atoms in total. The van der Waals surface area contributed by atoms with E-state index in [1.165, 1.54) is 11.3 Å². The van der Waals surface area contributed by atoms with Crippen molar-refractivity contribution in [3.05, 3.63) is 16.1 Å². The monoisotopic (exact) mass is 258 g/mol. The van der Waals surface area contributed by atoms with Crippen LogP contribution in [-0.2, 0) is 22.6 Å². The lowest BCUT2D eigenvalue weighted by molar-refractivity contribution is 0.0523. The summed E-state index contributed by atoms with van der Waals surface area (Å²) in [5.74, 6) is 0. The smallest absolute Gasteiger partial charge is 0.408 e. The highest BCUT2D eigenvalue weighted by Gasteiger charge is 2.16. The molecule has 0 bridgehead atoms. The number of carbonyl (C=O) groups is 1. The summed E-state index contributed by atoms with van der Waals surface area (Å²) in [4.78, 5) is 15.7. The molecule has 6 heteroatoms. The van der Waals surface area contributed by atoms with Crippen molar-refractivity contribution in [2.45, 2.75) is 39.5 Å². The second-order valence-corrected chi connectivity index (χ2v) is 5.46. The molecule has 0 radical (unpaired) electrons. The highest BCUT2D eigenvalue weighted by atomic mass is 32.1. The van der Waals surface area contributed by atoms with Gasteiger partial charge in [-0.1, -0.05) is 0 Å². The van der Waals surface area contributed by atoms with Gasteiger partial charge in [0.15, 0.2) is 0 Å². The minimum absolute atomic E-state index is 0.378. The van der Waals surface area contributed by atoms with Crippen molar-refractivity contribution in [1.82, 2.24) is 10.3 Å². The van der Waals surface area contributed by atoms with E-state index in [1.807, 2.05) is 26.2 Å². The number of ether oxygens (including phenoxy) is 2. The van der Waals surface area contributed by atoms with Gasteiger partial charge < -0.3 is 14.8 Å². The molecule has 1 rings (SSSR count). The molecule has 17 heavy (non-hydrogen) atoms. The molecule has 0 saturated heterocycles. The van der Waals surface area contributed by atoms with Gasteiger partial charge in [-0.05, 0) is 20.8 Å². The predicted octanol–water partition coefficient (Wildman–Crippen LogP) is 2.31. The number of rotatable bonds is 4. The largest absolute Gasteiger partial charge is 0.444 e. The molecule has 0 aliphatic carbocycles. The van der Waals surface area contributed by atoms with Crippen LogP contribution in [0, 0.1) is 0 Å². The number of carbonyl (C=O) groups excluding carboxylic acids is 1. The number of nitrogens with zero attached hydrogens (tertiary/aromatic N) is 1. The normalized spacial score (nSPS) is 11.3. The van der Waals surface area contributed by atoms with Crippen LogP contribution in [0.15, 0.2) is 5.38 Å². The Balaban J connectivity index is 2.37. The molecule has 96 valence electrons. The summed E-state index contributed by atoms with van der Waals surface area (Å²) in [6, 6.07) is 0. The van der Waals surface area contributed by atoms with Crippen LogP contribution in [0.25, 0.3) is 0 Å². The number of alkyl carbamates (subject to hydrolysis) is 1. The summed E-state index contributed by atoms with van der Waals surface area (Å²) in [6.07, 6.45) is -0.430. The molecule has 0 aliphatic rings. The van der Waals surface area contributed by atoms with E-state index in [1.54, 1.807) is 7.11 Å². The van der Waals surface area contributed by atoms with Crippen molar-refractivity contribution < 1.29 is 14.3 Å². The highest BCUT2D eigenvalue weighted by Crippen LogP contribution is 2.11. The van der Waals surface area contributed by atoms with E-state index in [0.29, 0.717) is 13.2 Å². The molecule has 0 atom stereocenters. The Morgan fingerprint density at radius 3 is 2.82 bits per heavy atom. The number of methoxy groups -OCH3 is 1. The lowest BCUT2D eigenvalue weighted by Gasteiger charge is -2.19. The van der Waals surface area contributed by atoms with Crippen LogP contribution in [0.4, 0.5) is 4.79 Å². The molecule has 0 aromatic carbocycles. The first kappa shape index (κ1) is 13.9. The van der Waals surface area contributed by atoms with E-state index >= 15 is 0 Å². The van der Waals surface area contributed by atoms with Gasteiger partial charge >= 0.3 is 6.09 Å². The van der Waals surface area contributed by atoms with Gasteiger partial charge in [0.2, 0.25) is 0 Å². The Bertz CT molecular complexity index is 371. The fourth-order valence-corrected chi connectivity index (χ4v) is 1.82. The first-order valence-electron chi connectivity index (χ1n) is 5.30. The minimum atomic E-state index is -0.478. The fourth-order valence-electron chi connectivity index (χ4n) is 1.11. The maximum absolute atomic E-state index is 11.4. The standard InChI is InChI=1S/C11H18N2O3S/c1-11(2,3)16-10(14)12-5-9-13-8(6-15-4)7-17-9/h7H,5-6H2,1-4H3,(H,12,14). The third kappa shape index (κ3) is 5.65. The molecule has 1 aromatic heterocycles. The van der Waals surface area contributed by atoms with Crippen LogP contribution in [-0.4, -0.2) is 23.8 Å². The summed E-state index contributed by atoms with van der Waals surface area (Å²) in [5.41, 5.74) is 0.396. The minimum Gasteiger partial charge on any atom is -0.444 e. The Labute approximate surface area is 105 Å². The van der Waals surface area contributed by atoms with Crippen LogP contribution < -0.4 is 5.32 Å². The number of amides is 1. The topological polar surface area (TPSA) is 60.5 Å². The molecule has 0 saturated carbocycles. The maximum Gasteiger partial charge on any atom is 0.408 e. The number of thiazole rings is 1. The molecule has 1 N–H and O–H groups in total. The first-order valence-corrected chi connectivity index (χ1v) is 6.18. The quantitative estimate of drug-likeness (QED) is 0.900. The van der Waals surface area contributed by atoms with Crippen LogP contribution in [0.1, 0.15) is 31.5 Å². The zero-order chi connectivity index (χ0) is 12.9. The van der Waals surface area contributed by atoms with E-state index in [4.69, 9.17) is 9.47 Å². The molecule has 0 fully saturated rings. The van der Waals surface area contributed by atoms with Gasteiger partial charge in [0.05, 0.1) is 18.8 Å². The highest BCUT2D eigenvalue weighted by molar-refractivity contribution is 7.09. The third-order valence-electron chi connectivity index (χ3n) is 1.67. The zero-order valence-electron chi connectivity index (χ0n) is 10.6. The average Bonchev–Trinajstić information content (AvgIpc) is 2.61. The van der Waals surface area contributed by atoms with Crippen molar-refractivity contribution >= 4 is 17.4 Å². The SMILES string of the molecule is COCc1csc(CNC(=O)OC(C)(C)C)n1. The lowest BCUT2D eigenvalue weighted by Crippen LogP contribution is -2.32. The van der Waals surface area contributed by atoms with E-state index in [0.717, 1.165) is 10.7 Å². The van der Waals surface area contributed by atoms with E-state index in [9.17, 15) is 4.79 Å². The molecular weight excluding hydrogens is 240 g/mol. The van der Waals surface area contributed by atoms with Gasteiger partial charge in [-0.25, -0.2) is 9.78 Å². The predicted molar refractivity (Wildman–Crippen MR) is 65.9 cm³/mol. The Morgan fingerprint density at radius 2 is 2.24 bits per heavy atom. The van der Waals surface area contributed by atoms with Crippen molar-refractivity contribution in [3.63, 3.8) is 0 Å². The van der Waals surface area contributed by atoms with Gasteiger partial charge in [-0.2, -0.15) is 0 Å². The van der Waals surface area contributed by atoms with Crippen molar-refractivity contribution in [2.75, 3.05) is 7.11 Å². The van der Waals surface area contributed by atoms with Crippen LogP contribution in [0.3, 0.4) is 0 Å². The molecule has 0 spiro atoms. The number of hydrogen-bond acceptors (Lipinski definition) is 5. The molecule has 0 aliphatic heterocycles. The second-order valence-electron chi connectivity index (χ2n) is 4.52.